The molecule has 0 aromatic rings. The second kappa shape index (κ2) is 7.30. The molecule has 5 nitrogen and oxygen atoms in total. The fraction of sp³-hybridized carbons (Fsp3) is 0.947. The van der Waals surface area contributed by atoms with E-state index in [-0.39, 0.29) is 6.10 Å². The summed E-state index contributed by atoms with van der Waals surface area (Å²) in [6.07, 6.45) is 5.82. The van der Waals surface area contributed by atoms with Gasteiger partial charge in [0.15, 0.2) is 0 Å². The van der Waals surface area contributed by atoms with Crippen LogP contribution in [0, 0.1) is 17.8 Å². The minimum Gasteiger partial charge on any atom is -0.381 e. The van der Waals surface area contributed by atoms with E-state index in [1.807, 2.05) is 0 Å². The second-order valence-corrected chi connectivity index (χ2v) is 8.35. The van der Waals surface area contributed by atoms with Crippen molar-refractivity contribution in [1.82, 2.24) is 9.80 Å². The zero-order chi connectivity index (χ0) is 16.5. The van der Waals surface area contributed by atoms with Crippen LogP contribution in [0.25, 0.3) is 0 Å². The fourth-order valence-electron chi connectivity index (χ4n) is 5.02. The van der Waals surface area contributed by atoms with E-state index >= 15 is 0 Å². The van der Waals surface area contributed by atoms with Crippen LogP contribution < -0.4 is 0 Å². The molecule has 1 aliphatic carbocycles. The summed E-state index contributed by atoms with van der Waals surface area (Å²) in [5, 5.41) is 0. The Balaban J connectivity index is 1.33. The molecule has 4 aliphatic rings. The summed E-state index contributed by atoms with van der Waals surface area (Å²) >= 11 is 0. The van der Waals surface area contributed by atoms with E-state index in [1.54, 1.807) is 0 Å². The van der Waals surface area contributed by atoms with E-state index in [0.29, 0.717) is 23.8 Å². The maximum Gasteiger partial charge on any atom is 0.225 e. The number of rotatable bonds is 2. The van der Waals surface area contributed by atoms with E-state index in [2.05, 4.69) is 16.7 Å². The van der Waals surface area contributed by atoms with Gasteiger partial charge in [-0.05, 0) is 38.0 Å². The van der Waals surface area contributed by atoms with Gasteiger partial charge in [-0.25, -0.2) is 0 Å². The van der Waals surface area contributed by atoms with Crippen LogP contribution in [-0.4, -0.2) is 73.9 Å². The third-order valence-electron chi connectivity index (χ3n) is 6.62. The molecule has 0 N–H and O–H groups in total. The van der Waals surface area contributed by atoms with Gasteiger partial charge in [0.1, 0.15) is 0 Å². The van der Waals surface area contributed by atoms with Gasteiger partial charge in [-0.1, -0.05) is 6.92 Å². The molecule has 4 fully saturated rings. The Morgan fingerprint density at radius 2 is 1.79 bits per heavy atom. The van der Waals surface area contributed by atoms with Crippen LogP contribution in [0.3, 0.4) is 0 Å². The van der Waals surface area contributed by atoms with Crippen LogP contribution in [0.4, 0.5) is 0 Å². The third kappa shape index (κ3) is 3.49. The number of likely N-dealkylation sites (tertiary alicyclic amines) is 1. The van der Waals surface area contributed by atoms with Crippen LogP contribution in [-0.2, 0) is 14.3 Å². The molecule has 1 amide bonds. The maximum atomic E-state index is 12.6. The summed E-state index contributed by atoms with van der Waals surface area (Å²) in [5.41, 5.74) is 0. The Bertz CT molecular complexity index is 446. The highest BCUT2D eigenvalue weighted by atomic mass is 16.5. The van der Waals surface area contributed by atoms with Gasteiger partial charge in [-0.15, -0.1) is 0 Å². The highest BCUT2D eigenvalue weighted by molar-refractivity contribution is 5.79. The highest BCUT2D eigenvalue weighted by Gasteiger charge is 2.40. The number of ether oxygens (including phenoxy) is 2. The first-order chi connectivity index (χ1) is 11.7. The molecule has 2 atom stereocenters. The first kappa shape index (κ1) is 16.8. The van der Waals surface area contributed by atoms with Crippen molar-refractivity contribution >= 4 is 5.91 Å². The number of hydrogen-bond acceptors (Lipinski definition) is 4. The lowest BCUT2D eigenvalue weighted by atomic mass is 9.75. The summed E-state index contributed by atoms with van der Waals surface area (Å²) in [5.74, 6) is 2.00. The molecule has 5 heteroatoms. The normalized spacial score (nSPS) is 39.0. The number of carbonyl (C=O) groups excluding carboxylic acids is 1. The molecule has 2 unspecified atom stereocenters. The molecule has 4 rings (SSSR count). The van der Waals surface area contributed by atoms with E-state index in [9.17, 15) is 4.79 Å². The largest absolute Gasteiger partial charge is 0.381 e. The van der Waals surface area contributed by atoms with E-state index in [0.717, 1.165) is 84.0 Å². The van der Waals surface area contributed by atoms with Gasteiger partial charge in [0.2, 0.25) is 5.91 Å². The smallest absolute Gasteiger partial charge is 0.225 e. The molecule has 136 valence electrons. The zero-order valence-electron chi connectivity index (χ0n) is 15.0. The number of fused-ring (bicyclic) bond motifs is 1. The monoisotopic (exact) mass is 336 g/mol. The van der Waals surface area contributed by atoms with Crippen LogP contribution in [0.1, 0.15) is 39.0 Å². The van der Waals surface area contributed by atoms with Crippen molar-refractivity contribution in [2.75, 3.05) is 46.0 Å². The molecular formula is C19H32N2O3. The number of amides is 1. The third-order valence-corrected chi connectivity index (χ3v) is 6.62. The Hall–Kier alpha value is -0.650. The van der Waals surface area contributed by atoms with Crippen molar-refractivity contribution in [3.63, 3.8) is 0 Å². The Morgan fingerprint density at radius 1 is 1.00 bits per heavy atom. The lowest BCUT2D eigenvalue weighted by molar-refractivity contribution is -0.145. The molecule has 3 saturated heterocycles. The average molecular weight is 336 g/mol. The molecule has 0 aromatic carbocycles. The number of carbonyl (C=O) groups is 1. The lowest BCUT2D eigenvalue weighted by Crippen LogP contribution is -2.52. The van der Waals surface area contributed by atoms with Crippen molar-refractivity contribution in [1.29, 1.82) is 0 Å². The van der Waals surface area contributed by atoms with E-state index in [1.165, 1.54) is 0 Å². The van der Waals surface area contributed by atoms with Gasteiger partial charge in [0.25, 0.3) is 0 Å². The van der Waals surface area contributed by atoms with Crippen LogP contribution >= 0.6 is 0 Å². The quantitative estimate of drug-likeness (QED) is 0.771. The second-order valence-electron chi connectivity index (χ2n) is 8.35. The maximum absolute atomic E-state index is 12.6. The molecule has 0 aromatic heterocycles. The minimum absolute atomic E-state index is 0.241. The SMILES string of the molecule is CC1CC(C(=O)N2CCC3CN(C4CCOCC4)CCOC3C2)C1. The Morgan fingerprint density at radius 3 is 2.54 bits per heavy atom. The van der Waals surface area contributed by atoms with Crippen LogP contribution in [0.2, 0.25) is 0 Å². The highest BCUT2D eigenvalue weighted by Crippen LogP contribution is 2.36. The van der Waals surface area contributed by atoms with Gasteiger partial charge in [-0.3, -0.25) is 9.69 Å². The molecule has 24 heavy (non-hydrogen) atoms. The predicted octanol–water partition coefficient (Wildman–Crippen LogP) is 1.76. The molecule has 0 bridgehead atoms. The first-order valence-corrected chi connectivity index (χ1v) is 9.93. The molecule has 3 heterocycles. The van der Waals surface area contributed by atoms with Gasteiger partial charge in [-0.2, -0.15) is 0 Å². The lowest BCUT2D eigenvalue weighted by Gasteiger charge is -2.42. The predicted molar refractivity (Wildman–Crippen MR) is 91.7 cm³/mol. The van der Waals surface area contributed by atoms with Gasteiger partial charge >= 0.3 is 0 Å². The van der Waals surface area contributed by atoms with Crippen LogP contribution in [0.15, 0.2) is 0 Å². The summed E-state index contributed by atoms with van der Waals surface area (Å²) in [6, 6.07) is 0.664. The topological polar surface area (TPSA) is 42.0 Å². The summed E-state index contributed by atoms with van der Waals surface area (Å²) < 4.78 is 11.7. The standard InChI is InChI=1S/C19H32N2O3/c1-14-10-16(11-14)19(22)21-5-2-15-12-20(6-9-24-18(15)13-21)17-3-7-23-8-4-17/h14-18H,2-13H2,1H3. The summed E-state index contributed by atoms with van der Waals surface area (Å²) in [6.45, 7) is 8.77. The van der Waals surface area contributed by atoms with Crippen molar-refractivity contribution in [3.05, 3.63) is 0 Å². The molecule has 0 radical (unpaired) electrons. The van der Waals surface area contributed by atoms with Crippen molar-refractivity contribution in [2.24, 2.45) is 17.8 Å². The summed E-state index contributed by atoms with van der Waals surface area (Å²) in [7, 11) is 0. The Kier molecular flexibility index (Phi) is 5.11. The molecule has 0 spiro atoms. The van der Waals surface area contributed by atoms with Crippen molar-refractivity contribution in [2.45, 2.75) is 51.2 Å². The first-order valence-electron chi connectivity index (χ1n) is 9.93. The van der Waals surface area contributed by atoms with E-state index < -0.39 is 0 Å². The molecule has 3 aliphatic heterocycles. The van der Waals surface area contributed by atoms with Gasteiger partial charge in [0, 0.05) is 57.3 Å². The van der Waals surface area contributed by atoms with Crippen LogP contribution in [0.5, 0.6) is 0 Å². The van der Waals surface area contributed by atoms with Gasteiger partial charge < -0.3 is 14.4 Å². The molecular weight excluding hydrogens is 304 g/mol. The molecule has 1 saturated carbocycles. The zero-order valence-corrected chi connectivity index (χ0v) is 15.0. The van der Waals surface area contributed by atoms with Crippen molar-refractivity contribution < 1.29 is 14.3 Å². The fourth-order valence-corrected chi connectivity index (χ4v) is 5.02. The number of piperidine rings is 1. The van der Waals surface area contributed by atoms with E-state index in [4.69, 9.17) is 9.47 Å². The Labute approximate surface area is 145 Å². The minimum atomic E-state index is 0.241. The average Bonchev–Trinajstić information content (AvgIpc) is 2.81. The number of nitrogens with zero attached hydrogens (tertiary/aromatic N) is 2. The summed E-state index contributed by atoms with van der Waals surface area (Å²) in [4.78, 5) is 17.4. The number of hydrogen-bond donors (Lipinski definition) is 0. The van der Waals surface area contributed by atoms with Crippen molar-refractivity contribution in [3.8, 4) is 0 Å². The van der Waals surface area contributed by atoms with Gasteiger partial charge in [0.05, 0.1) is 12.7 Å².